The van der Waals surface area contributed by atoms with Gasteiger partial charge in [-0.1, -0.05) is 76.5 Å². The van der Waals surface area contributed by atoms with Gasteiger partial charge in [-0.05, 0) is 56.3 Å². The molecule has 0 aliphatic carbocycles. The van der Waals surface area contributed by atoms with Crippen LogP contribution in [0.1, 0.15) is 92.4 Å². The van der Waals surface area contributed by atoms with Crippen molar-refractivity contribution in [1.29, 1.82) is 0 Å². The van der Waals surface area contributed by atoms with Crippen LogP contribution in [0.3, 0.4) is 0 Å². The minimum atomic E-state index is 0.475. The zero-order chi connectivity index (χ0) is 18.2. The van der Waals surface area contributed by atoms with Gasteiger partial charge in [0, 0.05) is 17.1 Å². The molecule has 0 bridgehead atoms. The first-order valence-corrected chi connectivity index (χ1v) is 11.5. The zero-order valence-corrected chi connectivity index (χ0v) is 19.1. The smallest absolute Gasteiger partial charge is 0.146 e. The van der Waals surface area contributed by atoms with E-state index in [2.05, 4.69) is 57.2 Å². The summed E-state index contributed by atoms with van der Waals surface area (Å²) in [5.74, 6) is 2.51. The van der Waals surface area contributed by atoms with Gasteiger partial charge < -0.3 is 9.47 Å². The summed E-state index contributed by atoms with van der Waals surface area (Å²) in [4.78, 5) is 0. The van der Waals surface area contributed by atoms with Crippen molar-refractivity contribution in [3.63, 3.8) is 0 Å². The van der Waals surface area contributed by atoms with E-state index in [4.69, 9.17) is 9.47 Å². The molecule has 4 atom stereocenters. The maximum absolute atomic E-state index is 5.58. The molecule has 0 radical (unpaired) electrons. The topological polar surface area (TPSA) is 18.5 Å². The van der Waals surface area contributed by atoms with Gasteiger partial charge in [-0.3, -0.25) is 0 Å². The standard InChI is InChI=1S/C21H43IO2/c1-6-7-8-9-12-23-17-24-13-10-11-18(2)14-19(3)15-20(4)16-21(5)22/h18-21H,6-17H2,1-5H3. The highest BCUT2D eigenvalue weighted by molar-refractivity contribution is 14.1. The van der Waals surface area contributed by atoms with Crippen LogP contribution >= 0.6 is 22.6 Å². The molecule has 2 nitrogen and oxygen atoms in total. The van der Waals surface area contributed by atoms with Crippen molar-refractivity contribution in [3.8, 4) is 0 Å². The summed E-state index contributed by atoms with van der Waals surface area (Å²) in [6, 6.07) is 0. The Hall–Kier alpha value is 0.650. The average molecular weight is 454 g/mol. The monoisotopic (exact) mass is 454 g/mol. The van der Waals surface area contributed by atoms with Crippen molar-refractivity contribution >= 4 is 22.6 Å². The molecular weight excluding hydrogens is 411 g/mol. The first-order chi connectivity index (χ1) is 11.5. The highest BCUT2D eigenvalue weighted by atomic mass is 127. The second-order valence-corrected chi connectivity index (χ2v) is 10.1. The highest BCUT2D eigenvalue weighted by Crippen LogP contribution is 2.25. The number of hydrogen-bond acceptors (Lipinski definition) is 2. The lowest BCUT2D eigenvalue weighted by atomic mass is 9.86. The van der Waals surface area contributed by atoms with Crippen molar-refractivity contribution in [2.75, 3.05) is 20.0 Å². The molecule has 0 amide bonds. The van der Waals surface area contributed by atoms with Gasteiger partial charge in [-0.2, -0.15) is 0 Å². The van der Waals surface area contributed by atoms with E-state index in [1.807, 2.05) is 0 Å². The quantitative estimate of drug-likeness (QED) is 0.0998. The molecule has 146 valence electrons. The predicted octanol–water partition coefficient (Wildman–Crippen LogP) is 7.24. The molecule has 0 aliphatic heterocycles. The van der Waals surface area contributed by atoms with Crippen LogP contribution in [0.5, 0.6) is 0 Å². The Bertz CT molecular complexity index is 258. The van der Waals surface area contributed by atoms with Gasteiger partial charge >= 0.3 is 0 Å². The third kappa shape index (κ3) is 17.5. The normalized spacial score (nSPS) is 16.8. The van der Waals surface area contributed by atoms with E-state index in [0.29, 0.717) is 6.79 Å². The van der Waals surface area contributed by atoms with Crippen molar-refractivity contribution in [3.05, 3.63) is 0 Å². The van der Waals surface area contributed by atoms with Gasteiger partial charge in [0.05, 0.1) is 0 Å². The molecule has 0 aromatic rings. The summed E-state index contributed by atoms with van der Waals surface area (Å²) in [5.41, 5.74) is 0. The van der Waals surface area contributed by atoms with Crippen molar-refractivity contribution in [2.24, 2.45) is 17.8 Å². The Labute approximate surface area is 166 Å². The third-order valence-corrected chi connectivity index (χ3v) is 5.14. The molecule has 0 saturated carbocycles. The number of ether oxygens (including phenoxy) is 2. The molecule has 4 unspecified atom stereocenters. The fourth-order valence-electron chi connectivity index (χ4n) is 3.58. The van der Waals surface area contributed by atoms with E-state index in [0.717, 1.165) is 41.3 Å². The molecule has 0 N–H and O–H groups in total. The summed E-state index contributed by atoms with van der Waals surface area (Å²) in [5, 5.41) is 0. The predicted molar refractivity (Wildman–Crippen MR) is 115 cm³/mol. The second kappa shape index (κ2) is 17.1. The SMILES string of the molecule is CCCCCCOCOCCCC(C)CC(C)CC(C)CC(C)I. The lowest BCUT2D eigenvalue weighted by molar-refractivity contribution is -0.0561. The van der Waals surface area contributed by atoms with Crippen LogP contribution in [0.4, 0.5) is 0 Å². The first-order valence-electron chi connectivity index (χ1n) is 10.2. The molecule has 0 fully saturated rings. The van der Waals surface area contributed by atoms with E-state index in [9.17, 15) is 0 Å². The number of hydrogen-bond donors (Lipinski definition) is 0. The van der Waals surface area contributed by atoms with Gasteiger partial charge in [0.25, 0.3) is 0 Å². The molecule has 3 heteroatoms. The van der Waals surface area contributed by atoms with Crippen molar-refractivity contribution < 1.29 is 9.47 Å². The lowest BCUT2D eigenvalue weighted by Crippen LogP contribution is -2.11. The summed E-state index contributed by atoms with van der Waals surface area (Å²) < 4.78 is 11.9. The highest BCUT2D eigenvalue weighted by Gasteiger charge is 2.13. The Kier molecular flexibility index (Phi) is 17.5. The Morgan fingerprint density at radius 3 is 1.92 bits per heavy atom. The van der Waals surface area contributed by atoms with Crippen LogP contribution in [0.2, 0.25) is 0 Å². The zero-order valence-electron chi connectivity index (χ0n) is 17.0. The average Bonchev–Trinajstić information content (AvgIpc) is 2.47. The van der Waals surface area contributed by atoms with E-state index in [-0.39, 0.29) is 0 Å². The van der Waals surface area contributed by atoms with Gasteiger partial charge in [-0.15, -0.1) is 0 Å². The third-order valence-electron chi connectivity index (χ3n) is 4.63. The van der Waals surface area contributed by atoms with E-state index in [1.165, 1.54) is 51.4 Å². The fraction of sp³-hybridized carbons (Fsp3) is 1.00. The maximum atomic E-state index is 5.58. The van der Waals surface area contributed by atoms with Crippen LogP contribution in [0.15, 0.2) is 0 Å². The lowest BCUT2D eigenvalue weighted by Gasteiger charge is -2.21. The van der Waals surface area contributed by atoms with E-state index < -0.39 is 0 Å². The maximum Gasteiger partial charge on any atom is 0.146 e. The molecule has 0 saturated heterocycles. The van der Waals surface area contributed by atoms with Crippen LogP contribution in [0.25, 0.3) is 0 Å². The number of unbranched alkanes of at least 4 members (excludes halogenated alkanes) is 3. The largest absolute Gasteiger partial charge is 0.355 e. The molecule has 0 rings (SSSR count). The molecule has 0 aromatic carbocycles. The minimum absolute atomic E-state index is 0.475. The van der Waals surface area contributed by atoms with Crippen LogP contribution in [-0.2, 0) is 9.47 Å². The van der Waals surface area contributed by atoms with E-state index in [1.54, 1.807) is 0 Å². The molecule has 0 aliphatic rings. The summed E-state index contributed by atoms with van der Waals surface area (Å²) >= 11 is 2.55. The molecular formula is C21H43IO2. The Balaban J connectivity index is 3.44. The van der Waals surface area contributed by atoms with E-state index >= 15 is 0 Å². The fourth-order valence-corrected chi connectivity index (χ4v) is 4.45. The Morgan fingerprint density at radius 1 is 0.708 bits per heavy atom. The first kappa shape index (κ1) is 24.7. The van der Waals surface area contributed by atoms with Crippen LogP contribution in [-0.4, -0.2) is 23.9 Å². The second-order valence-electron chi connectivity index (χ2n) is 7.94. The van der Waals surface area contributed by atoms with Gasteiger partial charge in [-0.25, -0.2) is 0 Å². The number of alkyl halides is 1. The summed E-state index contributed by atoms with van der Waals surface area (Å²) in [6.45, 7) is 13.9. The molecule has 24 heavy (non-hydrogen) atoms. The van der Waals surface area contributed by atoms with Gasteiger partial charge in [0.15, 0.2) is 0 Å². The Morgan fingerprint density at radius 2 is 1.29 bits per heavy atom. The molecule has 0 spiro atoms. The molecule has 0 aromatic heterocycles. The van der Waals surface area contributed by atoms with Crippen LogP contribution < -0.4 is 0 Å². The van der Waals surface area contributed by atoms with Crippen LogP contribution in [0, 0.1) is 17.8 Å². The van der Waals surface area contributed by atoms with Gasteiger partial charge in [0.2, 0.25) is 0 Å². The van der Waals surface area contributed by atoms with Gasteiger partial charge in [0.1, 0.15) is 6.79 Å². The summed E-state index contributed by atoms with van der Waals surface area (Å²) in [7, 11) is 0. The summed E-state index contributed by atoms with van der Waals surface area (Å²) in [6.07, 6.45) is 11.6. The van der Waals surface area contributed by atoms with Crippen molar-refractivity contribution in [2.45, 2.75) is 96.3 Å². The number of rotatable bonds is 17. The van der Waals surface area contributed by atoms with Crippen molar-refractivity contribution in [1.82, 2.24) is 0 Å². The number of halogens is 1. The minimum Gasteiger partial charge on any atom is -0.355 e. The molecule has 0 heterocycles.